The van der Waals surface area contributed by atoms with E-state index in [1.807, 2.05) is 19.2 Å². The molecule has 18 heavy (non-hydrogen) atoms. The van der Waals surface area contributed by atoms with Gasteiger partial charge in [0.25, 0.3) is 0 Å². The van der Waals surface area contributed by atoms with Gasteiger partial charge in [-0.15, -0.1) is 11.3 Å². The van der Waals surface area contributed by atoms with Crippen molar-refractivity contribution in [3.63, 3.8) is 0 Å². The van der Waals surface area contributed by atoms with Crippen molar-refractivity contribution < 1.29 is 0 Å². The van der Waals surface area contributed by atoms with Crippen LogP contribution in [0.4, 0.5) is 5.82 Å². The topological polar surface area (TPSA) is 67.1 Å². The van der Waals surface area contributed by atoms with Crippen molar-refractivity contribution in [2.45, 2.75) is 13.1 Å². The second kappa shape index (κ2) is 6.10. The highest BCUT2D eigenvalue weighted by molar-refractivity contribution is 7.16. The number of hydrogen-bond acceptors (Lipinski definition) is 6. The molecule has 0 radical (unpaired) electrons. The van der Waals surface area contributed by atoms with Gasteiger partial charge < -0.3 is 5.43 Å². The smallest absolute Gasteiger partial charge is 0.158 e. The van der Waals surface area contributed by atoms with Crippen molar-refractivity contribution in [2.24, 2.45) is 5.84 Å². The number of nitrogens with one attached hydrogen (secondary N) is 1. The van der Waals surface area contributed by atoms with Gasteiger partial charge in [-0.3, -0.25) is 9.88 Å². The molecule has 7 heteroatoms. The Morgan fingerprint density at radius 1 is 1.33 bits per heavy atom. The number of thiophene rings is 1. The van der Waals surface area contributed by atoms with Crippen molar-refractivity contribution in [3.8, 4) is 0 Å². The van der Waals surface area contributed by atoms with E-state index >= 15 is 0 Å². The van der Waals surface area contributed by atoms with Crippen LogP contribution in [-0.2, 0) is 13.1 Å². The minimum Gasteiger partial charge on any atom is -0.307 e. The summed E-state index contributed by atoms with van der Waals surface area (Å²) in [4.78, 5) is 11.8. The number of aromatic nitrogens is 2. The van der Waals surface area contributed by atoms with Gasteiger partial charge in [0, 0.05) is 18.0 Å². The second-order valence-corrected chi connectivity index (χ2v) is 5.72. The Morgan fingerprint density at radius 2 is 2.17 bits per heavy atom. The average Bonchev–Trinajstić information content (AvgIpc) is 2.75. The fraction of sp³-hybridized carbons (Fsp3) is 0.273. The molecule has 2 aromatic heterocycles. The first-order chi connectivity index (χ1) is 8.67. The Hall–Kier alpha value is -1.21. The molecule has 0 amide bonds. The maximum Gasteiger partial charge on any atom is 0.158 e. The summed E-state index contributed by atoms with van der Waals surface area (Å²) >= 11 is 7.49. The van der Waals surface area contributed by atoms with Crippen LogP contribution in [0.2, 0.25) is 4.34 Å². The molecule has 5 nitrogen and oxygen atoms in total. The molecule has 0 saturated carbocycles. The lowest BCUT2D eigenvalue weighted by Gasteiger charge is -2.14. The molecule has 3 N–H and O–H groups in total. The van der Waals surface area contributed by atoms with Crippen LogP contribution in [0, 0.1) is 0 Å². The number of nitrogen functional groups attached to an aromatic ring is 1. The minimum atomic E-state index is 0.562. The number of halogens is 1. The van der Waals surface area contributed by atoms with Crippen molar-refractivity contribution in [1.82, 2.24) is 14.9 Å². The normalized spacial score (nSPS) is 10.9. The van der Waals surface area contributed by atoms with E-state index in [9.17, 15) is 0 Å². The molecule has 2 aromatic rings. The standard InChI is InChI=1S/C11H14ClN5S/c1-17(7-9-2-3-10(12)18-9)6-8-4-15-11(16-13)5-14-8/h2-5H,6-7,13H2,1H3,(H,15,16). The van der Waals surface area contributed by atoms with E-state index in [-0.39, 0.29) is 0 Å². The maximum atomic E-state index is 5.90. The van der Waals surface area contributed by atoms with Gasteiger partial charge in [-0.2, -0.15) is 0 Å². The average molecular weight is 284 g/mol. The quantitative estimate of drug-likeness (QED) is 0.650. The fourth-order valence-electron chi connectivity index (χ4n) is 1.55. The lowest BCUT2D eigenvalue weighted by Crippen LogP contribution is -2.18. The summed E-state index contributed by atoms with van der Waals surface area (Å²) in [7, 11) is 2.03. The number of hydrogen-bond donors (Lipinski definition) is 2. The lowest BCUT2D eigenvalue weighted by molar-refractivity contribution is 0.317. The number of nitrogens with two attached hydrogens (primary N) is 1. The second-order valence-electron chi connectivity index (χ2n) is 3.92. The molecule has 0 aliphatic rings. The van der Waals surface area contributed by atoms with Crippen LogP contribution < -0.4 is 11.3 Å². The molecule has 0 spiro atoms. The molecular formula is C11H14ClN5S. The lowest BCUT2D eigenvalue weighted by atomic mass is 10.4. The largest absolute Gasteiger partial charge is 0.307 e. The molecule has 0 atom stereocenters. The van der Waals surface area contributed by atoms with Crippen LogP contribution in [-0.4, -0.2) is 21.9 Å². The van der Waals surface area contributed by atoms with Gasteiger partial charge in [-0.05, 0) is 19.2 Å². The van der Waals surface area contributed by atoms with Gasteiger partial charge in [-0.25, -0.2) is 10.8 Å². The van der Waals surface area contributed by atoms with Crippen LogP contribution in [0.15, 0.2) is 24.5 Å². The van der Waals surface area contributed by atoms with E-state index in [1.54, 1.807) is 23.7 Å². The van der Waals surface area contributed by atoms with Crippen molar-refractivity contribution in [3.05, 3.63) is 39.4 Å². The maximum absolute atomic E-state index is 5.90. The van der Waals surface area contributed by atoms with Crippen LogP contribution in [0.25, 0.3) is 0 Å². The minimum absolute atomic E-state index is 0.562. The first-order valence-corrected chi connectivity index (χ1v) is 6.57. The first kappa shape index (κ1) is 13.2. The Labute approximate surface area is 115 Å². The predicted octanol–water partition coefficient (Wildman–Crippen LogP) is 2.11. The molecule has 0 aliphatic heterocycles. The van der Waals surface area contributed by atoms with Crippen LogP contribution in [0.5, 0.6) is 0 Å². The summed E-state index contributed by atoms with van der Waals surface area (Å²) in [5, 5.41) is 0. The molecule has 0 unspecified atom stereocenters. The summed E-state index contributed by atoms with van der Waals surface area (Å²) in [6.07, 6.45) is 3.33. The van der Waals surface area contributed by atoms with Gasteiger partial charge in [0.05, 0.1) is 22.4 Å². The van der Waals surface area contributed by atoms with E-state index in [0.29, 0.717) is 5.82 Å². The number of anilines is 1. The van der Waals surface area contributed by atoms with E-state index in [2.05, 4.69) is 20.3 Å². The van der Waals surface area contributed by atoms with Gasteiger partial charge in [0.2, 0.25) is 0 Å². The third-order valence-electron chi connectivity index (χ3n) is 2.34. The monoisotopic (exact) mass is 283 g/mol. The molecule has 96 valence electrons. The Kier molecular flexibility index (Phi) is 4.48. The van der Waals surface area contributed by atoms with Gasteiger partial charge in [0.1, 0.15) is 0 Å². The molecule has 0 aliphatic carbocycles. The molecule has 2 heterocycles. The predicted molar refractivity (Wildman–Crippen MR) is 74.3 cm³/mol. The highest BCUT2D eigenvalue weighted by atomic mass is 35.5. The zero-order valence-corrected chi connectivity index (χ0v) is 11.5. The highest BCUT2D eigenvalue weighted by Crippen LogP contribution is 2.22. The van der Waals surface area contributed by atoms with Crippen LogP contribution >= 0.6 is 22.9 Å². The fourth-order valence-corrected chi connectivity index (χ4v) is 2.71. The van der Waals surface area contributed by atoms with Gasteiger partial charge in [0.15, 0.2) is 5.82 Å². The Balaban J connectivity index is 1.91. The summed E-state index contributed by atoms with van der Waals surface area (Å²) in [6, 6.07) is 3.95. The Morgan fingerprint density at radius 3 is 2.72 bits per heavy atom. The number of hydrazine groups is 1. The molecule has 0 aromatic carbocycles. The van der Waals surface area contributed by atoms with Gasteiger partial charge >= 0.3 is 0 Å². The molecule has 0 bridgehead atoms. The number of nitrogens with zero attached hydrogens (tertiary/aromatic N) is 3. The zero-order chi connectivity index (χ0) is 13.0. The molecular weight excluding hydrogens is 270 g/mol. The van der Waals surface area contributed by atoms with E-state index in [1.165, 1.54) is 4.88 Å². The molecule has 0 saturated heterocycles. The van der Waals surface area contributed by atoms with E-state index in [0.717, 1.165) is 23.1 Å². The van der Waals surface area contributed by atoms with Crippen LogP contribution in [0.1, 0.15) is 10.6 Å². The number of rotatable bonds is 5. The summed E-state index contributed by atoms with van der Waals surface area (Å²) in [5.74, 6) is 5.79. The first-order valence-electron chi connectivity index (χ1n) is 5.37. The van der Waals surface area contributed by atoms with Crippen molar-refractivity contribution >= 4 is 28.8 Å². The van der Waals surface area contributed by atoms with Crippen molar-refractivity contribution in [2.75, 3.05) is 12.5 Å². The molecule has 2 rings (SSSR count). The van der Waals surface area contributed by atoms with Crippen LogP contribution in [0.3, 0.4) is 0 Å². The van der Waals surface area contributed by atoms with E-state index < -0.39 is 0 Å². The third kappa shape index (κ3) is 3.64. The SMILES string of the molecule is CN(Cc1cnc(NN)cn1)Cc1ccc(Cl)s1. The van der Waals surface area contributed by atoms with E-state index in [4.69, 9.17) is 17.4 Å². The Bertz CT molecular complexity index is 498. The highest BCUT2D eigenvalue weighted by Gasteiger charge is 2.05. The summed E-state index contributed by atoms with van der Waals surface area (Å²) < 4.78 is 0.816. The van der Waals surface area contributed by atoms with Crippen molar-refractivity contribution in [1.29, 1.82) is 0 Å². The zero-order valence-electron chi connectivity index (χ0n) is 9.93. The summed E-state index contributed by atoms with van der Waals surface area (Å²) in [5.41, 5.74) is 3.35. The van der Waals surface area contributed by atoms with Gasteiger partial charge in [-0.1, -0.05) is 11.6 Å². The summed E-state index contributed by atoms with van der Waals surface area (Å²) in [6.45, 7) is 1.57. The third-order valence-corrected chi connectivity index (χ3v) is 3.56. The molecule has 0 fully saturated rings.